The minimum absolute atomic E-state index is 0.0570. The number of hydrogen-bond acceptors (Lipinski definition) is 3. The van der Waals surface area contributed by atoms with Crippen molar-refractivity contribution in [2.75, 3.05) is 0 Å². The highest BCUT2D eigenvalue weighted by Gasteiger charge is 2.02. The Morgan fingerprint density at radius 1 is 0.833 bits per heavy atom. The molecule has 0 bridgehead atoms. The zero-order valence-electron chi connectivity index (χ0n) is 9.34. The molecule has 18 heavy (non-hydrogen) atoms. The van der Waals surface area contributed by atoms with Gasteiger partial charge in [0.1, 0.15) is 23.1 Å². The number of hydrogen-bond donors (Lipinski definition) is 3. The minimum atomic E-state index is -0.528. The molecule has 0 heterocycles. The molecule has 0 aromatic heterocycles. The van der Waals surface area contributed by atoms with E-state index in [1.807, 2.05) is 0 Å². The third-order valence-corrected chi connectivity index (χ3v) is 2.36. The zero-order chi connectivity index (χ0) is 13.1. The van der Waals surface area contributed by atoms with E-state index in [4.69, 9.17) is 5.11 Å². The van der Waals surface area contributed by atoms with Gasteiger partial charge in [0.15, 0.2) is 0 Å². The highest BCUT2D eigenvalue weighted by molar-refractivity contribution is 5.77. The summed E-state index contributed by atoms with van der Waals surface area (Å²) >= 11 is 0. The van der Waals surface area contributed by atoms with E-state index in [0.29, 0.717) is 11.1 Å². The topological polar surface area (TPSA) is 60.7 Å². The molecule has 0 saturated heterocycles. The number of rotatable bonds is 2. The minimum Gasteiger partial charge on any atom is -0.508 e. The van der Waals surface area contributed by atoms with Gasteiger partial charge in [0.2, 0.25) is 0 Å². The highest BCUT2D eigenvalue weighted by Crippen LogP contribution is 2.26. The van der Waals surface area contributed by atoms with Crippen LogP contribution in [-0.2, 0) is 0 Å². The van der Waals surface area contributed by atoms with Crippen LogP contribution in [-0.4, -0.2) is 15.3 Å². The molecule has 0 unspecified atom stereocenters. The maximum Gasteiger partial charge on any atom is 0.131 e. The first-order valence-electron chi connectivity index (χ1n) is 5.24. The Morgan fingerprint density at radius 2 is 1.39 bits per heavy atom. The second kappa shape index (κ2) is 4.79. The van der Waals surface area contributed by atoms with Crippen LogP contribution >= 0.6 is 0 Å². The highest BCUT2D eigenvalue weighted by atomic mass is 19.1. The Labute approximate surface area is 103 Å². The summed E-state index contributed by atoms with van der Waals surface area (Å²) in [5.41, 5.74) is 0.647. The van der Waals surface area contributed by atoms with E-state index >= 15 is 0 Å². The van der Waals surface area contributed by atoms with Gasteiger partial charge in [-0.1, -0.05) is 0 Å². The van der Waals surface area contributed by atoms with Crippen molar-refractivity contribution in [1.82, 2.24) is 0 Å². The number of halogens is 1. The molecule has 2 aromatic rings. The fraction of sp³-hybridized carbons (Fsp3) is 0. The fourth-order valence-electron chi connectivity index (χ4n) is 1.55. The van der Waals surface area contributed by atoms with Gasteiger partial charge in [-0.05, 0) is 48.0 Å². The van der Waals surface area contributed by atoms with Crippen molar-refractivity contribution in [3.63, 3.8) is 0 Å². The van der Waals surface area contributed by atoms with E-state index < -0.39 is 5.83 Å². The molecular formula is C14H11FO3. The van der Waals surface area contributed by atoms with E-state index in [-0.39, 0.29) is 17.2 Å². The van der Waals surface area contributed by atoms with Crippen molar-refractivity contribution in [1.29, 1.82) is 0 Å². The summed E-state index contributed by atoms with van der Waals surface area (Å²) in [7, 11) is 0. The van der Waals surface area contributed by atoms with Crippen LogP contribution in [0.3, 0.4) is 0 Å². The van der Waals surface area contributed by atoms with Crippen LogP contribution in [0.15, 0.2) is 42.5 Å². The van der Waals surface area contributed by atoms with Crippen LogP contribution in [0.4, 0.5) is 4.39 Å². The predicted molar refractivity (Wildman–Crippen MR) is 66.9 cm³/mol. The SMILES string of the molecule is Oc1ccc(/C(F)=C/c2cc(O)cc(O)c2)cc1. The average molecular weight is 246 g/mol. The average Bonchev–Trinajstić information content (AvgIpc) is 2.28. The van der Waals surface area contributed by atoms with Crippen molar-refractivity contribution in [2.45, 2.75) is 0 Å². The second-order valence-corrected chi connectivity index (χ2v) is 3.82. The molecule has 0 aliphatic heterocycles. The van der Waals surface area contributed by atoms with Crippen molar-refractivity contribution >= 4 is 11.9 Å². The number of phenolic OH excluding ortho intramolecular Hbond substituents is 3. The molecular weight excluding hydrogens is 235 g/mol. The molecule has 2 rings (SSSR count). The first kappa shape index (κ1) is 12.0. The maximum absolute atomic E-state index is 13.8. The Balaban J connectivity index is 2.35. The summed E-state index contributed by atoms with van der Waals surface area (Å²) in [6.45, 7) is 0. The predicted octanol–water partition coefficient (Wildman–Crippen LogP) is 3.27. The van der Waals surface area contributed by atoms with E-state index in [1.165, 1.54) is 42.5 Å². The summed E-state index contributed by atoms with van der Waals surface area (Å²) in [4.78, 5) is 0. The molecule has 0 saturated carbocycles. The molecule has 0 spiro atoms. The van der Waals surface area contributed by atoms with Crippen LogP contribution in [0.1, 0.15) is 11.1 Å². The van der Waals surface area contributed by atoms with Crippen molar-refractivity contribution in [3.8, 4) is 17.2 Å². The lowest BCUT2D eigenvalue weighted by molar-refractivity contribution is 0.450. The van der Waals surface area contributed by atoms with Gasteiger partial charge in [-0.3, -0.25) is 0 Å². The van der Waals surface area contributed by atoms with Gasteiger partial charge < -0.3 is 15.3 Å². The molecule has 3 nitrogen and oxygen atoms in total. The molecule has 0 amide bonds. The van der Waals surface area contributed by atoms with Gasteiger partial charge in [0, 0.05) is 11.6 Å². The smallest absolute Gasteiger partial charge is 0.131 e. The number of phenols is 3. The summed E-state index contributed by atoms with van der Waals surface area (Å²) in [5, 5.41) is 27.6. The maximum atomic E-state index is 13.8. The van der Waals surface area contributed by atoms with E-state index in [2.05, 4.69) is 0 Å². The third-order valence-electron chi connectivity index (χ3n) is 2.36. The van der Waals surface area contributed by atoms with E-state index in [9.17, 15) is 14.6 Å². The van der Waals surface area contributed by atoms with Gasteiger partial charge in [-0.15, -0.1) is 0 Å². The Hall–Kier alpha value is -2.49. The first-order chi connectivity index (χ1) is 8.54. The molecule has 3 N–H and O–H groups in total. The molecule has 0 aliphatic rings. The number of benzene rings is 2. The van der Waals surface area contributed by atoms with Gasteiger partial charge in [-0.2, -0.15) is 0 Å². The van der Waals surface area contributed by atoms with Crippen molar-refractivity contribution in [3.05, 3.63) is 53.6 Å². The molecule has 4 heteroatoms. The lowest BCUT2D eigenvalue weighted by Gasteiger charge is -2.01. The fourth-order valence-corrected chi connectivity index (χ4v) is 1.55. The number of aromatic hydroxyl groups is 3. The molecule has 0 fully saturated rings. The van der Waals surface area contributed by atoms with Crippen molar-refractivity contribution in [2.24, 2.45) is 0 Å². The molecule has 92 valence electrons. The summed E-state index contributed by atoms with van der Waals surface area (Å²) < 4.78 is 13.8. The third kappa shape index (κ3) is 2.79. The normalized spacial score (nSPS) is 11.5. The summed E-state index contributed by atoms with van der Waals surface area (Å²) in [5.74, 6) is -0.749. The lowest BCUT2D eigenvalue weighted by Crippen LogP contribution is -1.79. The Kier molecular flexibility index (Phi) is 3.19. The van der Waals surface area contributed by atoms with Crippen molar-refractivity contribution < 1.29 is 19.7 Å². The quantitative estimate of drug-likeness (QED) is 0.713. The molecule has 2 aromatic carbocycles. The lowest BCUT2D eigenvalue weighted by atomic mass is 10.1. The zero-order valence-corrected chi connectivity index (χ0v) is 9.34. The van der Waals surface area contributed by atoms with Gasteiger partial charge in [-0.25, -0.2) is 4.39 Å². The molecule has 0 radical (unpaired) electrons. The largest absolute Gasteiger partial charge is 0.508 e. The summed E-state index contributed by atoms with van der Waals surface area (Å²) in [6.07, 6.45) is 1.19. The van der Waals surface area contributed by atoms with E-state index in [0.717, 1.165) is 6.07 Å². The van der Waals surface area contributed by atoms with E-state index in [1.54, 1.807) is 0 Å². The van der Waals surface area contributed by atoms with Gasteiger partial charge >= 0.3 is 0 Å². The van der Waals surface area contributed by atoms with Gasteiger partial charge in [0.25, 0.3) is 0 Å². The first-order valence-corrected chi connectivity index (χ1v) is 5.24. The van der Waals surface area contributed by atoms with Gasteiger partial charge in [0.05, 0.1) is 0 Å². The van der Waals surface area contributed by atoms with Crippen LogP contribution in [0.5, 0.6) is 17.2 Å². The molecule has 0 atom stereocenters. The van der Waals surface area contributed by atoms with Crippen LogP contribution in [0.25, 0.3) is 11.9 Å². The second-order valence-electron chi connectivity index (χ2n) is 3.82. The monoisotopic (exact) mass is 246 g/mol. The Morgan fingerprint density at radius 3 is 1.94 bits per heavy atom. The van der Waals surface area contributed by atoms with Crippen LogP contribution in [0, 0.1) is 0 Å². The standard InChI is InChI=1S/C14H11FO3/c15-14(10-1-3-11(16)4-2-10)7-9-5-12(17)8-13(18)6-9/h1-8,16-18H/b14-7-. The van der Waals surface area contributed by atoms with Crippen LogP contribution < -0.4 is 0 Å². The summed E-state index contributed by atoms with van der Waals surface area (Å²) in [6, 6.07) is 9.45. The Bertz CT molecular complexity index is 568. The molecule has 0 aliphatic carbocycles. The van der Waals surface area contributed by atoms with Crippen LogP contribution in [0.2, 0.25) is 0 Å².